The lowest BCUT2D eigenvalue weighted by Crippen LogP contribution is -2.15. The molecule has 0 aliphatic rings. The molecule has 2 aromatic carbocycles. The lowest BCUT2D eigenvalue weighted by molar-refractivity contribution is 0.102. The number of aryl methyl sites for hydroxylation is 1. The van der Waals surface area contributed by atoms with Crippen molar-refractivity contribution in [1.82, 2.24) is 19.7 Å². The van der Waals surface area contributed by atoms with Gasteiger partial charge in [-0.25, -0.2) is 19.0 Å². The summed E-state index contributed by atoms with van der Waals surface area (Å²) in [6.07, 6.45) is 3.06. The van der Waals surface area contributed by atoms with Gasteiger partial charge in [0.25, 0.3) is 5.91 Å². The van der Waals surface area contributed by atoms with Crippen molar-refractivity contribution in [1.29, 1.82) is 0 Å². The molecular weight excluding hydrogens is 377 g/mol. The Morgan fingerprint density at radius 2 is 1.96 bits per heavy atom. The summed E-state index contributed by atoms with van der Waals surface area (Å²) in [5, 5.41) is 7.45. The van der Waals surface area contributed by atoms with Crippen LogP contribution in [-0.2, 0) is 6.54 Å². The molecule has 0 aliphatic heterocycles. The maximum atomic E-state index is 13.2. The third-order valence-corrected chi connectivity index (χ3v) is 5.08. The molecule has 1 N–H and O–H groups in total. The van der Waals surface area contributed by atoms with Gasteiger partial charge in [0.15, 0.2) is 5.13 Å². The second-order valence-corrected chi connectivity index (χ2v) is 7.34. The number of thiazole rings is 1. The highest BCUT2D eigenvalue weighted by molar-refractivity contribution is 7.16. The Kier molecular flexibility index (Phi) is 4.94. The van der Waals surface area contributed by atoms with E-state index >= 15 is 0 Å². The molecule has 4 aromatic rings. The Hall–Kier alpha value is -3.39. The first-order valence-electron chi connectivity index (χ1n) is 8.55. The second kappa shape index (κ2) is 7.69. The molecule has 28 heavy (non-hydrogen) atoms. The Morgan fingerprint density at radius 3 is 2.71 bits per heavy atom. The molecule has 140 valence electrons. The zero-order valence-corrected chi connectivity index (χ0v) is 15.8. The van der Waals surface area contributed by atoms with E-state index in [9.17, 15) is 9.18 Å². The third-order valence-electron chi connectivity index (χ3n) is 4.20. The first-order chi connectivity index (χ1) is 13.6. The highest BCUT2D eigenvalue weighted by atomic mass is 32.1. The number of hydrogen-bond acceptors (Lipinski definition) is 5. The van der Waals surface area contributed by atoms with Gasteiger partial charge in [-0.1, -0.05) is 18.2 Å². The molecule has 2 aromatic heterocycles. The predicted molar refractivity (Wildman–Crippen MR) is 106 cm³/mol. The molecule has 0 spiro atoms. The van der Waals surface area contributed by atoms with Crippen molar-refractivity contribution in [3.63, 3.8) is 0 Å². The first kappa shape index (κ1) is 18.0. The summed E-state index contributed by atoms with van der Waals surface area (Å²) in [5.41, 5.74) is 2.92. The highest BCUT2D eigenvalue weighted by Crippen LogP contribution is 2.30. The van der Waals surface area contributed by atoms with Gasteiger partial charge in [-0.2, -0.15) is 5.10 Å². The van der Waals surface area contributed by atoms with E-state index in [0.29, 0.717) is 17.2 Å². The summed E-state index contributed by atoms with van der Waals surface area (Å²) in [5.74, 6) is -0.538. The van der Waals surface area contributed by atoms with Crippen LogP contribution >= 0.6 is 11.3 Å². The molecular formula is C20H16FN5OS. The minimum absolute atomic E-state index is 0.241. The van der Waals surface area contributed by atoms with Crippen molar-refractivity contribution in [2.75, 3.05) is 5.32 Å². The van der Waals surface area contributed by atoms with Crippen LogP contribution in [0.2, 0.25) is 0 Å². The molecule has 4 rings (SSSR count). The number of nitrogens with zero attached hydrogens (tertiary/aromatic N) is 4. The van der Waals surface area contributed by atoms with Crippen LogP contribution in [0, 0.1) is 12.7 Å². The largest absolute Gasteiger partial charge is 0.298 e. The number of halogens is 1. The molecule has 0 atom stereocenters. The van der Waals surface area contributed by atoms with Gasteiger partial charge in [-0.15, -0.1) is 11.3 Å². The van der Waals surface area contributed by atoms with Crippen molar-refractivity contribution in [3.05, 3.63) is 83.0 Å². The van der Waals surface area contributed by atoms with Gasteiger partial charge in [0.05, 0.1) is 12.2 Å². The molecule has 0 radical (unpaired) electrons. The van der Waals surface area contributed by atoms with Gasteiger partial charge in [0.2, 0.25) is 0 Å². The summed E-state index contributed by atoms with van der Waals surface area (Å²) in [7, 11) is 0. The number of hydrogen-bond donors (Lipinski definition) is 1. The standard InChI is InChI=1S/C20H16FN5OS/c1-13-18(14-6-8-16(21)9-7-14)24-20(28-13)25-19(27)17-5-3-2-4-15(17)10-26-12-22-11-23-26/h2-9,11-12H,10H2,1H3,(H,24,25,27). The monoisotopic (exact) mass is 393 g/mol. The average Bonchev–Trinajstić information content (AvgIpc) is 3.32. The summed E-state index contributed by atoms with van der Waals surface area (Å²) in [4.78, 5) is 22.2. The Bertz CT molecular complexity index is 1110. The third kappa shape index (κ3) is 3.81. The molecule has 0 saturated heterocycles. The fourth-order valence-corrected chi connectivity index (χ4v) is 3.69. The summed E-state index contributed by atoms with van der Waals surface area (Å²) < 4.78 is 14.8. The second-order valence-electron chi connectivity index (χ2n) is 6.14. The van der Waals surface area contributed by atoms with E-state index in [1.165, 1.54) is 29.8 Å². The zero-order valence-electron chi connectivity index (χ0n) is 15.0. The molecule has 0 saturated carbocycles. The lowest BCUT2D eigenvalue weighted by atomic mass is 10.1. The number of rotatable bonds is 5. The van der Waals surface area contributed by atoms with Gasteiger partial charge in [-0.05, 0) is 42.8 Å². The van der Waals surface area contributed by atoms with Crippen LogP contribution in [-0.4, -0.2) is 25.7 Å². The van der Waals surface area contributed by atoms with E-state index in [4.69, 9.17) is 0 Å². The number of amides is 1. The number of benzene rings is 2. The number of anilines is 1. The van der Waals surface area contributed by atoms with Crippen LogP contribution in [0.25, 0.3) is 11.3 Å². The molecule has 6 nitrogen and oxygen atoms in total. The number of nitrogens with one attached hydrogen (secondary N) is 1. The minimum atomic E-state index is -0.297. The SMILES string of the molecule is Cc1sc(NC(=O)c2ccccc2Cn2cncn2)nc1-c1ccc(F)cc1. The topological polar surface area (TPSA) is 72.7 Å². The van der Waals surface area contributed by atoms with E-state index in [-0.39, 0.29) is 11.7 Å². The maximum absolute atomic E-state index is 13.2. The van der Waals surface area contributed by atoms with E-state index in [2.05, 4.69) is 20.4 Å². The molecule has 8 heteroatoms. The molecule has 2 heterocycles. The fraction of sp³-hybridized carbons (Fsp3) is 0.100. The van der Waals surface area contributed by atoms with Gasteiger partial charge in [0.1, 0.15) is 18.5 Å². The van der Waals surface area contributed by atoms with Crippen LogP contribution in [0.4, 0.5) is 9.52 Å². The van der Waals surface area contributed by atoms with Crippen LogP contribution in [0.15, 0.2) is 61.2 Å². The van der Waals surface area contributed by atoms with Crippen molar-refractivity contribution >= 4 is 22.4 Å². The van der Waals surface area contributed by atoms with E-state index in [0.717, 1.165) is 21.7 Å². The maximum Gasteiger partial charge on any atom is 0.257 e. The van der Waals surface area contributed by atoms with Crippen molar-refractivity contribution in [2.45, 2.75) is 13.5 Å². The number of carbonyl (C=O) groups excluding carboxylic acids is 1. The quantitative estimate of drug-likeness (QED) is 0.553. The van der Waals surface area contributed by atoms with Crippen LogP contribution in [0.3, 0.4) is 0 Å². The molecule has 0 fully saturated rings. The lowest BCUT2D eigenvalue weighted by Gasteiger charge is -2.08. The van der Waals surface area contributed by atoms with Gasteiger partial charge < -0.3 is 0 Å². The normalized spacial score (nSPS) is 10.8. The van der Waals surface area contributed by atoms with Gasteiger partial charge in [-0.3, -0.25) is 10.1 Å². The summed E-state index contributed by atoms with van der Waals surface area (Å²) in [6, 6.07) is 13.5. The number of aromatic nitrogens is 4. The van der Waals surface area contributed by atoms with Crippen LogP contribution < -0.4 is 5.32 Å². The first-order valence-corrected chi connectivity index (χ1v) is 9.37. The fourth-order valence-electron chi connectivity index (χ4n) is 2.86. The average molecular weight is 393 g/mol. The summed E-state index contributed by atoms with van der Waals surface area (Å²) >= 11 is 1.38. The smallest absolute Gasteiger partial charge is 0.257 e. The van der Waals surface area contributed by atoms with Crippen LogP contribution in [0.1, 0.15) is 20.8 Å². The highest BCUT2D eigenvalue weighted by Gasteiger charge is 2.16. The molecule has 0 aliphatic carbocycles. The van der Waals surface area contributed by atoms with Gasteiger partial charge in [0, 0.05) is 16.0 Å². The minimum Gasteiger partial charge on any atom is -0.298 e. The molecule has 1 amide bonds. The van der Waals surface area contributed by atoms with Crippen molar-refractivity contribution < 1.29 is 9.18 Å². The van der Waals surface area contributed by atoms with E-state index in [1.807, 2.05) is 25.1 Å². The van der Waals surface area contributed by atoms with Crippen molar-refractivity contribution in [3.8, 4) is 11.3 Å². The van der Waals surface area contributed by atoms with Gasteiger partial charge >= 0.3 is 0 Å². The predicted octanol–water partition coefficient (Wildman–Crippen LogP) is 4.15. The summed E-state index contributed by atoms with van der Waals surface area (Å²) in [6.45, 7) is 2.37. The Morgan fingerprint density at radius 1 is 1.18 bits per heavy atom. The zero-order chi connectivity index (χ0) is 19.5. The van der Waals surface area contributed by atoms with E-state index in [1.54, 1.807) is 29.2 Å². The molecule has 0 unspecified atom stereocenters. The van der Waals surface area contributed by atoms with E-state index < -0.39 is 0 Å². The van der Waals surface area contributed by atoms with Crippen LogP contribution in [0.5, 0.6) is 0 Å². The number of carbonyl (C=O) groups is 1. The Balaban J connectivity index is 1.56. The Labute approximate surface area is 164 Å². The molecule has 0 bridgehead atoms. The van der Waals surface area contributed by atoms with Crippen molar-refractivity contribution in [2.24, 2.45) is 0 Å².